The molecule has 3 unspecified atom stereocenters. The first-order chi connectivity index (χ1) is 67.1. The Balaban J connectivity index is 1.33. The molecule has 1 aliphatic carbocycles. The van der Waals surface area contributed by atoms with E-state index >= 15 is 28.8 Å². The summed E-state index contributed by atoms with van der Waals surface area (Å²) >= 11 is 0.552. The average Bonchev–Trinajstić information content (AvgIpc) is 1.74. The van der Waals surface area contributed by atoms with Gasteiger partial charge in [0.1, 0.15) is 96.4 Å². The lowest BCUT2D eigenvalue weighted by atomic mass is 9.84. The number of aliphatic hydroxyl groups excluding tert-OH is 1. The van der Waals surface area contributed by atoms with Gasteiger partial charge in [0.2, 0.25) is 106 Å². The number of fused-ring (bicyclic) bond motifs is 1. The van der Waals surface area contributed by atoms with E-state index in [-0.39, 0.29) is 61.8 Å². The van der Waals surface area contributed by atoms with Crippen LogP contribution >= 0.6 is 11.8 Å². The zero-order valence-electron chi connectivity index (χ0n) is 81.5. The van der Waals surface area contributed by atoms with Crippen molar-refractivity contribution >= 4 is 141 Å². The summed E-state index contributed by atoms with van der Waals surface area (Å²) in [5.74, 6) is -27.8. The second kappa shape index (κ2) is 55.8. The number of nitrogens with one attached hydrogen (secondary N) is 16. The van der Waals surface area contributed by atoms with Crippen molar-refractivity contribution in [3.63, 3.8) is 0 Å². The molecule has 0 spiro atoms. The van der Waals surface area contributed by atoms with E-state index in [2.05, 4.69) is 84.7 Å². The van der Waals surface area contributed by atoms with E-state index in [4.69, 9.17) is 17.2 Å². The number of amides is 18. The molecule has 17 atom stereocenters. The fraction of sp³-hybridized carbons (Fsp3) is 0.526. The van der Waals surface area contributed by atoms with Gasteiger partial charge in [-0.3, -0.25) is 91.1 Å². The lowest BCUT2D eigenvalue weighted by Crippen LogP contribution is -2.63. The number of likely N-dealkylation sites (N-methyl/N-ethyl adjacent to an activating group) is 1. The van der Waals surface area contributed by atoms with Gasteiger partial charge in [-0.2, -0.15) is 0 Å². The summed E-state index contributed by atoms with van der Waals surface area (Å²) in [5.41, 5.74) is 20.2. The van der Waals surface area contributed by atoms with Crippen LogP contribution in [0.1, 0.15) is 163 Å². The minimum atomic E-state index is -2.15. The van der Waals surface area contributed by atoms with Crippen molar-refractivity contribution in [3.8, 4) is 16.9 Å². The van der Waals surface area contributed by atoms with Gasteiger partial charge in [0, 0.05) is 49.2 Å². The van der Waals surface area contributed by atoms with Crippen LogP contribution in [-0.4, -0.2) is 277 Å². The number of nitrogens with two attached hydrogens (primary N) is 3. The molecule has 4 aromatic carbocycles. The van der Waals surface area contributed by atoms with E-state index < -0.39 is 283 Å². The molecule has 45 heteroatoms. The molecular weight excluding hydrogens is 1860 g/mol. The molecule has 0 bridgehead atoms. The van der Waals surface area contributed by atoms with Gasteiger partial charge in [-0.15, -0.1) is 11.8 Å². The van der Waals surface area contributed by atoms with E-state index in [0.717, 1.165) is 42.2 Å². The minimum Gasteiger partial charge on any atom is -0.508 e. The highest BCUT2D eigenvalue weighted by atomic mass is 32.2. The molecule has 142 heavy (non-hydrogen) atoms. The normalized spacial score (nSPS) is 24.0. The largest absolute Gasteiger partial charge is 0.508 e. The molecule has 5 aromatic rings. The number of nitrogens with zero attached hydrogens (tertiary/aromatic N) is 1. The molecule has 2 fully saturated rings. The fourth-order valence-electron chi connectivity index (χ4n) is 16.2. The van der Waals surface area contributed by atoms with E-state index in [1.165, 1.54) is 58.3 Å². The number of carboxylic acids is 2. The van der Waals surface area contributed by atoms with Gasteiger partial charge >= 0.3 is 11.9 Å². The molecule has 44 nitrogen and oxygen atoms in total. The van der Waals surface area contributed by atoms with Crippen molar-refractivity contribution in [2.75, 3.05) is 31.6 Å². The molecular formula is C97H136N20O24S. The predicted octanol–water partition coefficient (Wildman–Crippen LogP) is -1.52. The smallest absolute Gasteiger partial charge is 0.326 e. The molecule has 7 rings (SSSR count). The fourth-order valence-corrected chi connectivity index (χ4v) is 17.0. The van der Waals surface area contributed by atoms with Crippen molar-refractivity contribution in [3.05, 3.63) is 126 Å². The van der Waals surface area contributed by atoms with Gasteiger partial charge in [0.25, 0.3) is 0 Å². The molecule has 26 N–H and O–H groups in total. The molecule has 18 amide bonds. The van der Waals surface area contributed by atoms with Crippen LogP contribution in [0.5, 0.6) is 5.75 Å². The Kier molecular flexibility index (Phi) is 45.1. The van der Waals surface area contributed by atoms with Gasteiger partial charge in [0.05, 0.1) is 37.7 Å². The lowest BCUT2D eigenvalue weighted by molar-refractivity contribution is -0.143. The number of primary amides is 2. The number of rotatable bonds is 29. The van der Waals surface area contributed by atoms with Crippen molar-refractivity contribution in [1.29, 1.82) is 0 Å². The second-order valence-corrected chi connectivity index (χ2v) is 38.1. The number of aromatic hydroxyl groups is 1. The van der Waals surface area contributed by atoms with E-state index in [9.17, 15) is 87.5 Å². The molecule has 2 heterocycles. The quantitative estimate of drug-likeness (QED) is 0.0258. The Morgan fingerprint density at radius 1 is 0.500 bits per heavy atom. The van der Waals surface area contributed by atoms with Crippen LogP contribution in [0.2, 0.25) is 0 Å². The molecule has 1 saturated heterocycles. The summed E-state index contributed by atoms with van der Waals surface area (Å²) < 4.78 is 0. The summed E-state index contributed by atoms with van der Waals surface area (Å²) in [6, 6.07) is 2.32. The van der Waals surface area contributed by atoms with E-state index in [0.29, 0.717) is 46.6 Å². The average molecular weight is 2000 g/mol. The highest BCUT2D eigenvalue weighted by Crippen LogP contribution is 2.29. The van der Waals surface area contributed by atoms with Crippen LogP contribution in [0, 0.1) is 29.6 Å². The maximum Gasteiger partial charge on any atom is 0.326 e. The number of aromatic nitrogens is 1. The topological polar surface area (TPSA) is 700 Å². The first-order valence-corrected chi connectivity index (χ1v) is 48.5. The van der Waals surface area contributed by atoms with Gasteiger partial charge in [-0.05, 0) is 115 Å². The Bertz CT molecular complexity index is 5270. The number of para-hydroxylation sites is 1. The molecule has 1 aromatic heterocycles. The number of aliphatic hydroxyl groups is 1. The van der Waals surface area contributed by atoms with Crippen LogP contribution in [0.15, 0.2) is 109 Å². The number of phenolic OH excluding ortho intramolecular Hbond substituents is 1. The number of thioether (sulfide) groups is 1. The number of aromatic amines is 1. The van der Waals surface area contributed by atoms with Crippen molar-refractivity contribution in [2.24, 2.45) is 46.8 Å². The van der Waals surface area contributed by atoms with Crippen LogP contribution < -0.4 is 97.0 Å². The lowest BCUT2D eigenvalue weighted by Gasteiger charge is -2.33. The van der Waals surface area contributed by atoms with E-state index in [1.807, 2.05) is 30.3 Å². The number of phenols is 1. The van der Waals surface area contributed by atoms with Crippen LogP contribution in [0.25, 0.3) is 22.0 Å². The Labute approximate surface area is 826 Å². The molecule has 1 saturated carbocycles. The zero-order chi connectivity index (χ0) is 105. The molecule has 774 valence electrons. The summed E-state index contributed by atoms with van der Waals surface area (Å²) in [4.78, 5) is 292. The number of carboxylic acid groups (broad SMARTS) is 2. The van der Waals surface area contributed by atoms with Gasteiger partial charge < -0.3 is 127 Å². The van der Waals surface area contributed by atoms with Gasteiger partial charge in [-0.25, -0.2) is 4.79 Å². The van der Waals surface area contributed by atoms with E-state index in [1.54, 1.807) is 90.1 Å². The maximum atomic E-state index is 15.4. The van der Waals surface area contributed by atoms with Crippen molar-refractivity contribution in [1.82, 2.24) is 89.6 Å². The van der Waals surface area contributed by atoms with Crippen LogP contribution in [0.4, 0.5) is 0 Å². The number of hydrogen-bond donors (Lipinski definition) is 23. The summed E-state index contributed by atoms with van der Waals surface area (Å²) in [5, 5.41) is 80.0. The Hall–Kier alpha value is -14.1. The standard InChI is InChI=1S/C97H136N20O24S/c1-12-52(8)81-96(139)117(11)53(9)83(126)105-65(37-49(2)3)85(128)109-71(43-75(100)121)88(131)107-67(38-55-21-15-13-16-22-55)90(133)114-80(51(6)7)94(137)116-82(54(10)118)95(138)112-73(84(127)102-46-76(122)103-64(35-36-98)97(140)141)47-142-48-77(123)104-70(42-74(99)120)87(130)106-66(40-57-29-33-61(119)34-30-57)86(129)110-72(44-78(124)125)89(132)108-69(41-60-45-101-63-26-20-19-25-62(60)63)92(135)113-79(50(4)5)93(136)111-68(91(134)115-81)39-56-27-31-59(32-28-56)58-23-17-14-18-24-58/h14,17-20,23-34,45,49-55,64-73,79-82,101,118-119H,12-13,15-16,21-22,35-44,46-48,98H2,1-11H3,(H2,99,120)(H2,100,121)(H,102,127)(H,103,122)(H,104,123)(H,105,126)(H,106,130)(H,107,131)(H,108,132)(H,109,128)(H,110,129)(H,111,136)(H,112,138)(H,113,135)(H,114,133)(H,115,134)(H,116,137)(H,124,125)(H,140,141)/t52?,53-,54?,64-,65+,66-,67-,68-,69-,70-,71-,72-,73?,79-,80-,81-,82-/m0/s1. The number of H-pyrrole nitrogens is 1. The molecule has 0 radical (unpaired) electrons. The predicted molar refractivity (Wildman–Crippen MR) is 522 cm³/mol. The number of carbonyl (C=O) groups excluding carboxylic acids is 18. The first-order valence-electron chi connectivity index (χ1n) is 47.4. The summed E-state index contributed by atoms with van der Waals surface area (Å²) in [7, 11) is 1.28. The monoisotopic (exact) mass is 2000 g/mol. The third-order valence-corrected chi connectivity index (χ3v) is 25.6. The third kappa shape index (κ3) is 35.9. The third-order valence-electron chi connectivity index (χ3n) is 24.6. The SMILES string of the molecule is CCC(C)[C@@H]1NC(=O)[C@H](Cc2ccc(-c3ccccc3)cc2)NC(=O)[C@H](C(C)C)NC(=O)[C@H](Cc2c[nH]c3ccccc23)NC(=O)[C@H](CC(=O)O)NC(=O)[C@H](Cc2ccc(O)cc2)NC(=O)[C@H](CC(N)=O)NC(=O)CSCC(C(=O)NCC(=O)N[C@@H](CCN)C(=O)O)NC(=O)[C@H](C(C)O)NC(=O)[C@H](C(C)C)NC(=O)[C@H](CC2CCCCC2)NC(=O)[C@H](CC(N)=O)NC(=O)[C@@H](CC(C)C)NC(=O)[C@H](C)N(C)C1=O. The molecule has 2 aliphatic rings. The van der Waals surface area contributed by atoms with Crippen LogP contribution in [0.3, 0.4) is 0 Å². The Morgan fingerprint density at radius 3 is 1.48 bits per heavy atom. The number of hydrogen-bond acceptors (Lipinski definition) is 24. The minimum absolute atomic E-state index is 0.0685. The second-order valence-electron chi connectivity index (χ2n) is 37.1. The number of benzene rings is 4. The van der Waals surface area contributed by atoms with Crippen LogP contribution in [-0.2, 0) is 115 Å². The number of aliphatic carboxylic acids is 2. The number of carbonyl (C=O) groups is 20. The van der Waals surface area contributed by atoms with Crippen molar-refractivity contribution in [2.45, 2.75) is 262 Å². The maximum absolute atomic E-state index is 15.4. The molecule has 1 aliphatic heterocycles. The van der Waals surface area contributed by atoms with Gasteiger partial charge in [-0.1, -0.05) is 179 Å². The van der Waals surface area contributed by atoms with Crippen molar-refractivity contribution < 1.29 is 116 Å². The zero-order valence-corrected chi connectivity index (χ0v) is 82.3. The summed E-state index contributed by atoms with van der Waals surface area (Å²) in [6.07, 6.45) is -1.34. The summed E-state index contributed by atoms with van der Waals surface area (Å²) in [6.45, 7) is 14.2. The first kappa shape index (κ1) is 115. The highest BCUT2D eigenvalue weighted by Gasteiger charge is 2.43. The van der Waals surface area contributed by atoms with Gasteiger partial charge in [0.15, 0.2) is 0 Å². The highest BCUT2D eigenvalue weighted by molar-refractivity contribution is 8.00. The Morgan fingerprint density at radius 2 is 0.951 bits per heavy atom.